The molecule has 1 aromatic carbocycles. The minimum atomic E-state index is -0.519. The van der Waals surface area contributed by atoms with Crippen LogP contribution in [0.1, 0.15) is 24.8 Å². The number of thioether (sulfide) groups is 1. The third-order valence-electron chi connectivity index (χ3n) is 4.46. The van der Waals surface area contributed by atoms with Crippen molar-refractivity contribution in [3.63, 3.8) is 0 Å². The maximum absolute atomic E-state index is 12.1. The highest BCUT2D eigenvalue weighted by Gasteiger charge is 2.32. The van der Waals surface area contributed by atoms with E-state index < -0.39 is 5.25 Å². The van der Waals surface area contributed by atoms with Gasteiger partial charge in [-0.1, -0.05) is 11.8 Å². The number of methoxy groups -OCH3 is 2. The van der Waals surface area contributed by atoms with Crippen molar-refractivity contribution in [2.45, 2.75) is 30.6 Å². The summed E-state index contributed by atoms with van der Waals surface area (Å²) in [6, 6.07) is 5.35. The Kier molecular flexibility index (Phi) is 7.48. The SMILES string of the molecule is COc1ccc(/C=N\N=C2/NC(=O)[C@@H](CC(=O)NC[C@@H]3CCCO3)S2)cc1OC. The standard InChI is InChI=1S/C19H24N4O5S/c1-26-14-6-5-12(8-15(14)27-2)10-21-23-19-22-18(25)16(29-19)9-17(24)20-11-13-4-3-7-28-13/h5-6,8,10,13,16H,3-4,7,9,11H2,1-2H3,(H,20,24)(H,22,23,25)/b21-10-/t13-,16+/m0/s1. The number of rotatable bonds is 8. The lowest BCUT2D eigenvalue weighted by molar-refractivity contribution is -0.125. The van der Waals surface area contributed by atoms with Crippen LogP contribution in [0.3, 0.4) is 0 Å². The molecule has 10 heteroatoms. The molecule has 0 unspecified atom stereocenters. The zero-order valence-corrected chi connectivity index (χ0v) is 17.2. The predicted octanol–water partition coefficient (Wildman–Crippen LogP) is 1.31. The second kappa shape index (κ2) is 10.3. The van der Waals surface area contributed by atoms with Crippen molar-refractivity contribution in [3.05, 3.63) is 23.8 Å². The summed E-state index contributed by atoms with van der Waals surface area (Å²) in [7, 11) is 3.12. The Hall–Kier alpha value is -2.59. The largest absolute Gasteiger partial charge is 0.493 e. The number of hydrogen-bond acceptors (Lipinski definition) is 8. The highest BCUT2D eigenvalue weighted by molar-refractivity contribution is 8.15. The van der Waals surface area contributed by atoms with E-state index in [1.165, 1.54) is 11.8 Å². The molecule has 0 spiro atoms. The van der Waals surface area contributed by atoms with Crippen molar-refractivity contribution in [2.24, 2.45) is 10.2 Å². The van der Waals surface area contributed by atoms with Crippen molar-refractivity contribution in [1.82, 2.24) is 10.6 Å². The molecule has 0 aliphatic carbocycles. The maximum atomic E-state index is 12.1. The van der Waals surface area contributed by atoms with Crippen LogP contribution in [0.5, 0.6) is 11.5 Å². The first-order valence-corrected chi connectivity index (χ1v) is 10.2. The molecule has 29 heavy (non-hydrogen) atoms. The van der Waals surface area contributed by atoms with Crippen LogP contribution in [-0.2, 0) is 14.3 Å². The lowest BCUT2D eigenvalue weighted by Gasteiger charge is -2.11. The maximum Gasteiger partial charge on any atom is 0.240 e. The zero-order chi connectivity index (χ0) is 20.6. The highest BCUT2D eigenvalue weighted by atomic mass is 32.2. The summed E-state index contributed by atoms with van der Waals surface area (Å²) in [6.07, 6.45) is 3.68. The number of amidine groups is 1. The molecule has 2 fully saturated rings. The van der Waals surface area contributed by atoms with Gasteiger partial charge in [-0.15, -0.1) is 5.10 Å². The molecule has 3 rings (SSSR count). The van der Waals surface area contributed by atoms with Gasteiger partial charge in [-0.2, -0.15) is 5.10 Å². The van der Waals surface area contributed by atoms with Gasteiger partial charge in [-0.05, 0) is 36.6 Å². The number of hydrogen-bond donors (Lipinski definition) is 2. The normalized spacial score (nSPS) is 22.8. The Labute approximate surface area is 173 Å². The van der Waals surface area contributed by atoms with Crippen molar-refractivity contribution in [3.8, 4) is 11.5 Å². The second-order valence-corrected chi connectivity index (χ2v) is 7.69. The fourth-order valence-corrected chi connectivity index (χ4v) is 3.87. The molecule has 2 aliphatic rings. The zero-order valence-electron chi connectivity index (χ0n) is 16.3. The average molecular weight is 420 g/mol. The van der Waals surface area contributed by atoms with E-state index in [2.05, 4.69) is 20.8 Å². The average Bonchev–Trinajstić information content (AvgIpc) is 3.36. The minimum absolute atomic E-state index is 0.0760. The van der Waals surface area contributed by atoms with Crippen LogP contribution in [-0.4, -0.2) is 61.9 Å². The van der Waals surface area contributed by atoms with Crippen molar-refractivity contribution in [1.29, 1.82) is 0 Å². The van der Waals surface area contributed by atoms with Crippen LogP contribution in [0.4, 0.5) is 0 Å². The molecule has 2 aliphatic heterocycles. The molecule has 2 heterocycles. The van der Waals surface area contributed by atoms with Crippen molar-refractivity contribution in [2.75, 3.05) is 27.4 Å². The Morgan fingerprint density at radius 1 is 1.38 bits per heavy atom. The number of nitrogens with zero attached hydrogens (tertiary/aromatic N) is 2. The molecule has 156 valence electrons. The topological polar surface area (TPSA) is 111 Å². The molecule has 1 aromatic rings. The third-order valence-corrected chi connectivity index (χ3v) is 5.53. The lowest BCUT2D eigenvalue weighted by atomic mass is 10.2. The fourth-order valence-electron chi connectivity index (χ4n) is 2.94. The van der Waals surface area contributed by atoms with E-state index in [4.69, 9.17) is 14.2 Å². The number of carbonyl (C=O) groups excluding carboxylic acids is 2. The van der Waals surface area contributed by atoms with E-state index in [0.717, 1.165) is 25.0 Å². The summed E-state index contributed by atoms with van der Waals surface area (Å²) in [5.41, 5.74) is 0.770. The van der Waals surface area contributed by atoms with Gasteiger partial charge >= 0.3 is 0 Å². The highest BCUT2D eigenvalue weighted by Crippen LogP contribution is 2.27. The van der Waals surface area contributed by atoms with Gasteiger partial charge in [-0.3, -0.25) is 9.59 Å². The van der Waals surface area contributed by atoms with Crippen molar-refractivity contribution >= 4 is 35.0 Å². The van der Waals surface area contributed by atoms with Gasteiger partial charge in [0.15, 0.2) is 16.7 Å². The van der Waals surface area contributed by atoms with Gasteiger partial charge in [-0.25, -0.2) is 0 Å². The summed E-state index contributed by atoms with van der Waals surface area (Å²) < 4.78 is 15.9. The third kappa shape index (κ3) is 5.94. The molecule has 9 nitrogen and oxygen atoms in total. The summed E-state index contributed by atoms with van der Waals surface area (Å²) in [5.74, 6) is 0.780. The van der Waals surface area contributed by atoms with Gasteiger partial charge in [0.1, 0.15) is 5.25 Å². The Bertz CT molecular complexity index is 808. The van der Waals surface area contributed by atoms with Crippen LogP contribution in [0, 0.1) is 0 Å². The van der Waals surface area contributed by atoms with E-state index in [-0.39, 0.29) is 24.3 Å². The van der Waals surface area contributed by atoms with Gasteiger partial charge in [0, 0.05) is 19.6 Å². The Morgan fingerprint density at radius 2 is 2.21 bits per heavy atom. The Morgan fingerprint density at radius 3 is 2.93 bits per heavy atom. The first-order valence-electron chi connectivity index (χ1n) is 9.28. The first kappa shape index (κ1) is 21.1. The monoisotopic (exact) mass is 420 g/mol. The minimum Gasteiger partial charge on any atom is -0.493 e. The number of amides is 2. The quantitative estimate of drug-likeness (QED) is 0.485. The summed E-state index contributed by atoms with van der Waals surface area (Å²) in [6.45, 7) is 1.22. The number of benzene rings is 1. The number of nitrogens with one attached hydrogen (secondary N) is 2. The van der Waals surface area contributed by atoms with E-state index in [1.807, 2.05) is 6.07 Å². The molecular formula is C19H24N4O5S. The van der Waals surface area contributed by atoms with Crippen LogP contribution in [0.15, 0.2) is 28.4 Å². The molecule has 0 saturated carbocycles. The van der Waals surface area contributed by atoms with Crippen LogP contribution < -0.4 is 20.1 Å². The van der Waals surface area contributed by atoms with Gasteiger partial charge < -0.3 is 24.8 Å². The second-order valence-electron chi connectivity index (χ2n) is 6.50. The number of carbonyl (C=O) groups is 2. The lowest BCUT2D eigenvalue weighted by Crippen LogP contribution is -2.35. The summed E-state index contributed by atoms with van der Waals surface area (Å²) >= 11 is 1.19. The molecular weight excluding hydrogens is 396 g/mol. The van der Waals surface area contributed by atoms with Gasteiger partial charge in [0.25, 0.3) is 0 Å². The molecule has 2 N–H and O–H groups in total. The van der Waals surface area contributed by atoms with E-state index in [1.54, 1.807) is 32.6 Å². The van der Waals surface area contributed by atoms with Crippen LogP contribution >= 0.6 is 11.8 Å². The molecule has 0 aromatic heterocycles. The summed E-state index contributed by atoms with van der Waals surface area (Å²) in [4.78, 5) is 24.1. The summed E-state index contributed by atoms with van der Waals surface area (Å²) in [5, 5.41) is 13.3. The van der Waals surface area contributed by atoms with E-state index >= 15 is 0 Å². The number of ether oxygens (including phenoxy) is 3. The van der Waals surface area contributed by atoms with Crippen molar-refractivity contribution < 1.29 is 23.8 Å². The van der Waals surface area contributed by atoms with Crippen LogP contribution in [0.2, 0.25) is 0 Å². The molecule has 2 atom stereocenters. The Balaban J connectivity index is 1.50. The van der Waals surface area contributed by atoms with Gasteiger partial charge in [0.2, 0.25) is 11.8 Å². The molecule has 2 amide bonds. The van der Waals surface area contributed by atoms with E-state index in [0.29, 0.717) is 23.2 Å². The van der Waals surface area contributed by atoms with Gasteiger partial charge in [0.05, 0.1) is 26.5 Å². The molecule has 0 radical (unpaired) electrons. The smallest absolute Gasteiger partial charge is 0.240 e. The van der Waals surface area contributed by atoms with E-state index in [9.17, 15) is 9.59 Å². The molecule has 0 bridgehead atoms. The van der Waals surface area contributed by atoms with Crippen LogP contribution in [0.25, 0.3) is 0 Å². The predicted molar refractivity (Wildman–Crippen MR) is 111 cm³/mol. The fraction of sp³-hybridized carbons (Fsp3) is 0.474. The first-order chi connectivity index (χ1) is 14.1. The molecule has 2 saturated heterocycles.